The van der Waals surface area contributed by atoms with Gasteiger partial charge in [0, 0.05) is 19.2 Å². The molecule has 0 saturated heterocycles. The van der Waals surface area contributed by atoms with Crippen molar-refractivity contribution in [2.24, 2.45) is 7.05 Å². The molecule has 0 spiro atoms. The van der Waals surface area contributed by atoms with Crippen molar-refractivity contribution in [1.29, 1.82) is 0 Å². The minimum atomic E-state index is -0.588. The molecule has 0 radical (unpaired) electrons. The zero-order valence-corrected chi connectivity index (χ0v) is 10.6. The number of rotatable bonds is 2. The molecule has 2 aromatic heterocycles. The van der Waals surface area contributed by atoms with Crippen molar-refractivity contribution >= 4 is 39.5 Å². The molecule has 0 aliphatic heterocycles. The van der Waals surface area contributed by atoms with Gasteiger partial charge in [-0.15, -0.1) is 0 Å². The van der Waals surface area contributed by atoms with Crippen molar-refractivity contribution in [3.05, 3.63) is 22.5 Å². The van der Waals surface area contributed by atoms with Crippen LogP contribution < -0.4 is 0 Å². The lowest BCUT2D eigenvalue weighted by Gasteiger charge is -2.01. The molecule has 1 fully saturated rings. The number of pyridine rings is 1. The van der Waals surface area contributed by atoms with Crippen LogP contribution in [0.3, 0.4) is 0 Å². The van der Waals surface area contributed by atoms with E-state index in [-0.39, 0.29) is 5.56 Å². The second-order valence-electron chi connectivity index (χ2n) is 4.24. The molecule has 1 aliphatic rings. The Hall–Kier alpha value is -1.13. The first-order chi connectivity index (χ1) is 8.09. The average Bonchev–Trinajstić information content (AvgIpc) is 3.05. The lowest BCUT2D eigenvalue weighted by molar-refractivity contribution is 0.108. The molecule has 1 aliphatic carbocycles. The van der Waals surface area contributed by atoms with Crippen LogP contribution in [0, 0.1) is 0 Å². The van der Waals surface area contributed by atoms with Crippen LogP contribution in [0.4, 0.5) is 0 Å². The Morgan fingerprint density at radius 2 is 2.24 bits per heavy atom. The van der Waals surface area contributed by atoms with E-state index in [1.54, 1.807) is 4.68 Å². The molecule has 2 heterocycles. The zero-order chi connectivity index (χ0) is 12.2. The quantitative estimate of drug-likeness (QED) is 0.788. The van der Waals surface area contributed by atoms with Gasteiger partial charge in [-0.1, -0.05) is 11.6 Å². The maximum Gasteiger partial charge on any atom is 0.255 e. The van der Waals surface area contributed by atoms with Crippen LogP contribution in [0.25, 0.3) is 11.0 Å². The van der Waals surface area contributed by atoms with Crippen LogP contribution in [0.15, 0.2) is 6.20 Å². The van der Waals surface area contributed by atoms with Crippen molar-refractivity contribution in [3.8, 4) is 0 Å². The van der Waals surface area contributed by atoms with Crippen LogP contribution >= 0.6 is 23.2 Å². The monoisotopic (exact) mass is 269 g/mol. The summed E-state index contributed by atoms with van der Waals surface area (Å²) in [6, 6.07) is 0. The third kappa shape index (κ3) is 1.63. The Morgan fingerprint density at radius 1 is 1.53 bits per heavy atom. The van der Waals surface area contributed by atoms with Gasteiger partial charge in [0.1, 0.15) is 0 Å². The Balaban J connectivity index is 2.36. The first-order valence-electron chi connectivity index (χ1n) is 5.30. The molecule has 2 aromatic rings. The number of fused-ring (bicyclic) bond motifs is 1. The van der Waals surface area contributed by atoms with Gasteiger partial charge in [-0.25, -0.2) is 4.98 Å². The largest absolute Gasteiger partial charge is 0.275 e. The van der Waals surface area contributed by atoms with E-state index >= 15 is 0 Å². The number of carbonyl (C=O) groups is 1. The zero-order valence-electron chi connectivity index (χ0n) is 9.07. The van der Waals surface area contributed by atoms with E-state index in [2.05, 4.69) is 10.1 Å². The van der Waals surface area contributed by atoms with Crippen molar-refractivity contribution in [1.82, 2.24) is 14.8 Å². The predicted molar refractivity (Wildman–Crippen MR) is 65.7 cm³/mol. The van der Waals surface area contributed by atoms with Gasteiger partial charge in [0.05, 0.1) is 21.7 Å². The maximum atomic E-state index is 11.2. The Kier molecular flexibility index (Phi) is 2.38. The van der Waals surface area contributed by atoms with E-state index in [4.69, 9.17) is 23.2 Å². The number of hydrogen-bond donors (Lipinski definition) is 0. The second kappa shape index (κ2) is 3.68. The van der Waals surface area contributed by atoms with Gasteiger partial charge in [0.15, 0.2) is 5.65 Å². The predicted octanol–water partition coefficient (Wildman–Crippen LogP) is 2.88. The summed E-state index contributed by atoms with van der Waals surface area (Å²) in [6.45, 7) is 0. The van der Waals surface area contributed by atoms with Crippen LogP contribution in [0.5, 0.6) is 0 Å². The lowest BCUT2D eigenvalue weighted by atomic mass is 10.1. The first-order valence-corrected chi connectivity index (χ1v) is 6.06. The minimum Gasteiger partial charge on any atom is -0.275 e. The fraction of sp³-hybridized carbons (Fsp3) is 0.364. The molecule has 88 valence electrons. The highest BCUT2D eigenvalue weighted by atomic mass is 35.5. The molecular formula is C11H9Cl2N3O. The van der Waals surface area contributed by atoms with E-state index in [0.717, 1.165) is 23.9 Å². The molecule has 0 N–H and O–H groups in total. The SMILES string of the molecule is Cn1nc(C2CC2)c2c(Cl)c(C(=O)Cl)cnc21. The highest BCUT2D eigenvalue weighted by Crippen LogP contribution is 2.44. The van der Waals surface area contributed by atoms with E-state index in [9.17, 15) is 4.79 Å². The molecule has 0 atom stereocenters. The number of carbonyl (C=O) groups excluding carboxylic acids is 1. The van der Waals surface area contributed by atoms with E-state index in [1.165, 1.54) is 6.20 Å². The molecular weight excluding hydrogens is 261 g/mol. The van der Waals surface area contributed by atoms with Crippen LogP contribution in [0.2, 0.25) is 5.02 Å². The average molecular weight is 270 g/mol. The highest BCUT2D eigenvalue weighted by molar-refractivity contribution is 6.69. The molecule has 0 amide bonds. The van der Waals surface area contributed by atoms with Gasteiger partial charge in [-0.05, 0) is 24.4 Å². The van der Waals surface area contributed by atoms with Crippen molar-refractivity contribution in [2.75, 3.05) is 0 Å². The Morgan fingerprint density at radius 3 is 2.82 bits per heavy atom. The number of nitrogens with zero attached hydrogens (tertiary/aromatic N) is 3. The number of hydrogen-bond acceptors (Lipinski definition) is 3. The van der Waals surface area contributed by atoms with Crippen LogP contribution in [-0.2, 0) is 7.05 Å². The number of halogens is 2. The van der Waals surface area contributed by atoms with Crippen LogP contribution in [-0.4, -0.2) is 20.0 Å². The third-order valence-electron chi connectivity index (χ3n) is 2.99. The summed E-state index contributed by atoms with van der Waals surface area (Å²) in [5.74, 6) is 0.443. The molecule has 3 rings (SSSR count). The molecule has 0 bridgehead atoms. The maximum absolute atomic E-state index is 11.2. The summed E-state index contributed by atoms with van der Waals surface area (Å²) in [7, 11) is 1.82. The molecule has 0 unspecified atom stereocenters. The van der Waals surface area contributed by atoms with E-state index in [1.807, 2.05) is 7.05 Å². The summed E-state index contributed by atoms with van der Waals surface area (Å²) in [4.78, 5) is 15.4. The lowest BCUT2D eigenvalue weighted by Crippen LogP contribution is -1.95. The molecule has 1 saturated carbocycles. The summed E-state index contributed by atoms with van der Waals surface area (Å²) in [5, 5.41) is 4.97. The fourth-order valence-corrected chi connectivity index (χ4v) is 2.50. The normalized spacial score (nSPS) is 15.5. The fourth-order valence-electron chi connectivity index (χ4n) is 1.99. The standard InChI is InChI=1S/C11H9Cl2N3O/c1-16-11-7(9(15-16)5-2-3-5)8(12)6(4-14-11)10(13)17/h4-5H,2-3H2,1H3. The van der Waals surface area contributed by atoms with Crippen LogP contribution in [0.1, 0.15) is 34.8 Å². The van der Waals surface area contributed by atoms with Gasteiger partial charge in [0.25, 0.3) is 5.24 Å². The topological polar surface area (TPSA) is 47.8 Å². The number of aromatic nitrogens is 3. The summed E-state index contributed by atoms with van der Waals surface area (Å²) < 4.78 is 1.69. The van der Waals surface area contributed by atoms with Gasteiger partial charge in [0.2, 0.25) is 0 Å². The van der Waals surface area contributed by atoms with Crippen molar-refractivity contribution in [3.63, 3.8) is 0 Å². The van der Waals surface area contributed by atoms with Gasteiger partial charge < -0.3 is 0 Å². The second-order valence-corrected chi connectivity index (χ2v) is 4.96. The molecule has 0 aromatic carbocycles. The van der Waals surface area contributed by atoms with Gasteiger partial charge >= 0.3 is 0 Å². The third-order valence-corrected chi connectivity index (χ3v) is 3.59. The van der Waals surface area contributed by atoms with E-state index in [0.29, 0.717) is 16.6 Å². The Labute approximate surface area is 108 Å². The Bertz CT molecular complexity index is 631. The molecule has 17 heavy (non-hydrogen) atoms. The number of aryl methyl sites for hydroxylation is 1. The summed E-state index contributed by atoms with van der Waals surface area (Å²) in [5.41, 5.74) is 1.87. The van der Waals surface area contributed by atoms with E-state index < -0.39 is 5.24 Å². The van der Waals surface area contributed by atoms with Crippen molar-refractivity contribution in [2.45, 2.75) is 18.8 Å². The molecule has 6 heteroatoms. The summed E-state index contributed by atoms with van der Waals surface area (Å²) in [6.07, 6.45) is 3.63. The molecule has 4 nitrogen and oxygen atoms in total. The summed E-state index contributed by atoms with van der Waals surface area (Å²) >= 11 is 11.7. The van der Waals surface area contributed by atoms with Crippen molar-refractivity contribution < 1.29 is 4.79 Å². The van der Waals surface area contributed by atoms with Gasteiger partial charge in [-0.2, -0.15) is 5.10 Å². The van der Waals surface area contributed by atoms with Gasteiger partial charge in [-0.3, -0.25) is 9.48 Å². The first kappa shape index (κ1) is 11.0. The smallest absolute Gasteiger partial charge is 0.255 e. The highest BCUT2D eigenvalue weighted by Gasteiger charge is 2.31. The minimum absolute atomic E-state index is 0.246.